The van der Waals surface area contributed by atoms with Crippen LogP contribution in [0.5, 0.6) is 0 Å². The van der Waals surface area contributed by atoms with Gasteiger partial charge in [-0.1, -0.05) is 48.9 Å². The first-order chi connectivity index (χ1) is 7.79. The Balaban J connectivity index is 2.05. The molecule has 0 fully saturated rings. The third kappa shape index (κ3) is 2.73. The summed E-state index contributed by atoms with van der Waals surface area (Å²) in [6.07, 6.45) is 4.86. The molecule has 2 rings (SSSR count). The Labute approximate surface area is 98.8 Å². The van der Waals surface area contributed by atoms with Gasteiger partial charge in [-0.2, -0.15) is 0 Å². The van der Waals surface area contributed by atoms with Crippen molar-refractivity contribution in [3.8, 4) is 0 Å². The van der Waals surface area contributed by atoms with Crippen molar-refractivity contribution in [3.63, 3.8) is 0 Å². The summed E-state index contributed by atoms with van der Waals surface area (Å²) in [5.41, 5.74) is 2.94. The molecule has 1 aromatic rings. The second kappa shape index (κ2) is 5.31. The summed E-state index contributed by atoms with van der Waals surface area (Å²) >= 11 is 0. The Hall–Kier alpha value is -1.08. The van der Waals surface area contributed by atoms with Crippen molar-refractivity contribution < 1.29 is 0 Å². The highest BCUT2D eigenvalue weighted by Gasteiger charge is 2.19. The molecule has 0 aromatic heterocycles. The SMILES string of the molecule is CCC1CC=C(C)CN1Cc1ccccc1. The van der Waals surface area contributed by atoms with E-state index in [1.807, 2.05) is 0 Å². The fourth-order valence-corrected chi connectivity index (χ4v) is 2.43. The van der Waals surface area contributed by atoms with Crippen LogP contribution in [0.25, 0.3) is 0 Å². The lowest BCUT2D eigenvalue weighted by molar-refractivity contribution is 0.188. The average Bonchev–Trinajstić information content (AvgIpc) is 2.31. The first kappa shape index (κ1) is 11.4. The van der Waals surface area contributed by atoms with Gasteiger partial charge >= 0.3 is 0 Å². The number of nitrogens with zero attached hydrogens (tertiary/aromatic N) is 1. The lowest BCUT2D eigenvalue weighted by atomic mass is 10.0. The van der Waals surface area contributed by atoms with Gasteiger partial charge in [0.1, 0.15) is 0 Å². The topological polar surface area (TPSA) is 3.24 Å². The van der Waals surface area contributed by atoms with Crippen LogP contribution in [0.3, 0.4) is 0 Å². The fourth-order valence-electron chi connectivity index (χ4n) is 2.43. The zero-order chi connectivity index (χ0) is 11.4. The first-order valence-corrected chi connectivity index (χ1v) is 6.23. The molecule has 0 aliphatic carbocycles. The van der Waals surface area contributed by atoms with Crippen LogP contribution in [-0.4, -0.2) is 17.5 Å². The van der Waals surface area contributed by atoms with E-state index in [4.69, 9.17) is 0 Å². The molecular weight excluding hydrogens is 194 g/mol. The molecule has 0 saturated heterocycles. The van der Waals surface area contributed by atoms with Crippen molar-refractivity contribution in [2.24, 2.45) is 0 Å². The summed E-state index contributed by atoms with van der Waals surface area (Å²) in [5.74, 6) is 0. The van der Waals surface area contributed by atoms with Crippen molar-refractivity contribution in [1.29, 1.82) is 0 Å². The van der Waals surface area contributed by atoms with E-state index in [0.717, 1.165) is 19.1 Å². The molecule has 1 aliphatic rings. The average molecular weight is 215 g/mol. The number of hydrogen-bond donors (Lipinski definition) is 0. The molecule has 1 nitrogen and oxygen atoms in total. The molecule has 1 atom stereocenters. The van der Waals surface area contributed by atoms with E-state index in [2.05, 4.69) is 55.2 Å². The van der Waals surface area contributed by atoms with E-state index in [0.29, 0.717) is 0 Å². The van der Waals surface area contributed by atoms with Crippen molar-refractivity contribution in [2.75, 3.05) is 6.54 Å². The number of benzene rings is 1. The largest absolute Gasteiger partial charge is 0.292 e. The van der Waals surface area contributed by atoms with E-state index in [-0.39, 0.29) is 0 Å². The maximum absolute atomic E-state index is 2.60. The first-order valence-electron chi connectivity index (χ1n) is 6.23. The van der Waals surface area contributed by atoms with Crippen LogP contribution in [0.1, 0.15) is 32.3 Å². The number of hydrogen-bond acceptors (Lipinski definition) is 1. The van der Waals surface area contributed by atoms with Gasteiger partial charge in [-0.15, -0.1) is 0 Å². The predicted molar refractivity (Wildman–Crippen MR) is 69.3 cm³/mol. The van der Waals surface area contributed by atoms with Gasteiger partial charge in [-0.05, 0) is 25.3 Å². The lowest BCUT2D eigenvalue weighted by Crippen LogP contribution is -2.37. The minimum atomic E-state index is 0.726. The third-order valence-corrected chi connectivity index (χ3v) is 3.41. The van der Waals surface area contributed by atoms with Crippen molar-refractivity contribution >= 4 is 0 Å². The normalized spacial score (nSPS) is 21.9. The zero-order valence-electron chi connectivity index (χ0n) is 10.3. The zero-order valence-corrected chi connectivity index (χ0v) is 10.3. The van der Waals surface area contributed by atoms with E-state index in [1.54, 1.807) is 0 Å². The lowest BCUT2D eigenvalue weighted by Gasteiger charge is -2.34. The van der Waals surface area contributed by atoms with Gasteiger partial charge in [0.2, 0.25) is 0 Å². The molecular formula is C15H21N. The van der Waals surface area contributed by atoms with Crippen LogP contribution in [0.4, 0.5) is 0 Å². The molecule has 1 unspecified atom stereocenters. The molecule has 1 heterocycles. The van der Waals surface area contributed by atoms with Crippen molar-refractivity contribution in [3.05, 3.63) is 47.5 Å². The monoisotopic (exact) mass is 215 g/mol. The second-order valence-electron chi connectivity index (χ2n) is 4.74. The molecule has 0 saturated carbocycles. The Morgan fingerprint density at radius 3 is 2.69 bits per heavy atom. The molecule has 0 spiro atoms. The van der Waals surface area contributed by atoms with E-state index in [9.17, 15) is 0 Å². The van der Waals surface area contributed by atoms with Gasteiger partial charge in [0.25, 0.3) is 0 Å². The summed E-state index contributed by atoms with van der Waals surface area (Å²) in [7, 11) is 0. The third-order valence-electron chi connectivity index (χ3n) is 3.41. The maximum Gasteiger partial charge on any atom is 0.0240 e. The fraction of sp³-hybridized carbons (Fsp3) is 0.467. The van der Waals surface area contributed by atoms with Crippen LogP contribution in [0.15, 0.2) is 42.0 Å². The molecule has 1 aliphatic heterocycles. The quantitative estimate of drug-likeness (QED) is 0.696. The summed E-state index contributed by atoms with van der Waals surface area (Å²) in [4.78, 5) is 2.60. The van der Waals surface area contributed by atoms with Gasteiger partial charge in [0.05, 0.1) is 0 Å². The molecule has 1 aromatic carbocycles. The molecule has 0 N–H and O–H groups in total. The Bertz CT molecular complexity index is 353. The van der Waals surface area contributed by atoms with Crippen LogP contribution in [0, 0.1) is 0 Å². The van der Waals surface area contributed by atoms with E-state index >= 15 is 0 Å². The standard InChI is InChI=1S/C15H21N/c1-3-15-10-9-13(2)11-16(15)12-14-7-5-4-6-8-14/h4-9,15H,3,10-12H2,1-2H3. The van der Waals surface area contributed by atoms with Gasteiger partial charge in [-0.3, -0.25) is 4.90 Å². The molecule has 1 heteroatoms. The summed E-state index contributed by atoms with van der Waals surface area (Å²) in [6.45, 7) is 6.75. The van der Waals surface area contributed by atoms with Gasteiger partial charge in [0, 0.05) is 19.1 Å². The molecule has 0 amide bonds. The molecule has 16 heavy (non-hydrogen) atoms. The minimum absolute atomic E-state index is 0.726. The van der Waals surface area contributed by atoms with Gasteiger partial charge in [-0.25, -0.2) is 0 Å². The highest BCUT2D eigenvalue weighted by Crippen LogP contribution is 2.20. The summed E-state index contributed by atoms with van der Waals surface area (Å²) < 4.78 is 0. The molecule has 0 radical (unpaired) electrons. The van der Waals surface area contributed by atoms with E-state index < -0.39 is 0 Å². The Morgan fingerprint density at radius 2 is 2.00 bits per heavy atom. The van der Waals surface area contributed by atoms with Crippen molar-refractivity contribution in [2.45, 2.75) is 39.3 Å². The van der Waals surface area contributed by atoms with Crippen LogP contribution in [0.2, 0.25) is 0 Å². The maximum atomic E-state index is 2.60. The predicted octanol–water partition coefficient (Wildman–Crippen LogP) is 3.62. The van der Waals surface area contributed by atoms with Crippen LogP contribution in [-0.2, 0) is 6.54 Å². The highest BCUT2D eigenvalue weighted by molar-refractivity contribution is 5.16. The smallest absolute Gasteiger partial charge is 0.0240 e. The van der Waals surface area contributed by atoms with E-state index in [1.165, 1.54) is 24.0 Å². The Kier molecular flexibility index (Phi) is 3.79. The summed E-state index contributed by atoms with van der Waals surface area (Å²) in [5, 5.41) is 0. The number of rotatable bonds is 3. The Morgan fingerprint density at radius 1 is 1.25 bits per heavy atom. The highest BCUT2D eigenvalue weighted by atomic mass is 15.2. The van der Waals surface area contributed by atoms with Gasteiger partial charge < -0.3 is 0 Å². The second-order valence-corrected chi connectivity index (χ2v) is 4.74. The summed E-state index contributed by atoms with van der Waals surface area (Å²) in [6, 6.07) is 11.5. The van der Waals surface area contributed by atoms with Crippen molar-refractivity contribution in [1.82, 2.24) is 4.90 Å². The van der Waals surface area contributed by atoms with Crippen LogP contribution >= 0.6 is 0 Å². The minimum Gasteiger partial charge on any atom is -0.292 e. The van der Waals surface area contributed by atoms with Gasteiger partial charge in [0.15, 0.2) is 0 Å². The molecule has 86 valence electrons. The molecule has 0 bridgehead atoms. The van der Waals surface area contributed by atoms with Crippen LogP contribution < -0.4 is 0 Å².